The molecule has 0 aromatic carbocycles. The molecule has 0 fully saturated rings. The van der Waals surface area contributed by atoms with Gasteiger partial charge in [-0.3, -0.25) is 0 Å². The predicted octanol–water partition coefficient (Wildman–Crippen LogP) is 6.46. The van der Waals surface area contributed by atoms with Gasteiger partial charge in [0.2, 0.25) is 0 Å². The van der Waals surface area contributed by atoms with Gasteiger partial charge in [0.1, 0.15) is 0 Å². The molecule has 0 aliphatic carbocycles. The van der Waals surface area contributed by atoms with Crippen molar-refractivity contribution < 1.29 is 0 Å². The van der Waals surface area contributed by atoms with Crippen molar-refractivity contribution in [3.05, 3.63) is 0 Å². The van der Waals surface area contributed by atoms with E-state index in [1.165, 1.54) is 77.0 Å². The first-order chi connectivity index (χ1) is 9.58. The summed E-state index contributed by atoms with van der Waals surface area (Å²) < 4.78 is 0. The summed E-state index contributed by atoms with van der Waals surface area (Å²) in [5.74, 6) is 0. The first-order valence-corrected chi connectivity index (χ1v) is 9.35. The average molecular weight is 284 g/mol. The SMILES string of the molecule is CCCCCCCC(C)(CCCCCC)N[C@@H](C)CC. The fourth-order valence-electron chi connectivity index (χ4n) is 3.03. The molecule has 1 nitrogen and oxygen atoms in total. The topological polar surface area (TPSA) is 12.0 Å². The zero-order chi connectivity index (χ0) is 15.3. The Kier molecular flexibility index (Phi) is 12.7. The highest BCUT2D eigenvalue weighted by molar-refractivity contribution is 4.85. The van der Waals surface area contributed by atoms with Crippen molar-refractivity contribution in [1.29, 1.82) is 0 Å². The summed E-state index contributed by atoms with van der Waals surface area (Å²) in [6.07, 6.45) is 16.5. The third kappa shape index (κ3) is 10.7. The molecule has 0 saturated carbocycles. The maximum absolute atomic E-state index is 3.91. The summed E-state index contributed by atoms with van der Waals surface area (Å²) in [5, 5.41) is 3.91. The van der Waals surface area contributed by atoms with Crippen LogP contribution in [0.3, 0.4) is 0 Å². The fourth-order valence-corrected chi connectivity index (χ4v) is 3.03. The van der Waals surface area contributed by atoms with Gasteiger partial charge >= 0.3 is 0 Å². The van der Waals surface area contributed by atoms with Crippen LogP contribution >= 0.6 is 0 Å². The minimum absolute atomic E-state index is 0.370. The van der Waals surface area contributed by atoms with Crippen LogP contribution in [0.15, 0.2) is 0 Å². The molecule has 0 aromatic heterocycles. The van der Waals surface area contributed by atoms with Crippen molar-refractivity contribution in [2.75, 3.05) is 0 Å². The molecule has 0 aliphatic rings. The maximum atomic E-state index is 3.91. The maximum Gasteiger partial charge on any atom is 0.0155 e. The molecule has 122 valence electrons. The lowest BCUT2D eigenvalue weighted by atomic mass is 9.87. The normalized spacial score (nSPS) is 16.1. The van der Waals surface area contributed by atoms with Gasteiger partial charge in [-0.1, -0.05) is 78.6 Å². The third-order valence-electron chi connectivity index (χ3n) is 4.62. The average Bonchev–Trinajstić information content (AvgIpc) is 2.43. The number of hydrogen-bond acceptors (Lipinski definition) is 1. The summed E-state index contributed by atoms with van der Waals surface area (Å²) in [6, 6.07) is 0.654. The second-order valence-corrected chi connectivity index (χ2v) is 6.99. The molecule has 1 N–H and O–H groups in total. The van der Waals surface area contributed by atoms with Crippen LogP contribution in [-0.4, -0.2) is 11.6 Å². The molecule has 1 heteroatoms. The van der Waals surface area contributed by atoms with E-state index in [4.69, 9.17) is 0 Å². The molecule has 0 amide bonds. The van der Waals surface area contributed by atoms with Crippen LogP contribution in [0.4, 0.5) is 0 Å². The Morgan fingerprint density at radius 1 is 0.750 bits per heavy atom. The van der Waals surface area contributed by atoms with Crippen LogP contribution in [0.1, 0.15) is 112 Å². The standard InChI is InChI=1S/C19H41N/c1-6-9-11-13-15-17-19(5,20-18(4)8-3)16-14-12-10-7-2/h18,20H,6-17H2,1-5H3/t18-,19?/m0/s1. The second kappa shape index (κ2) is 12.7. The highest BCUT2D eigenvalue weighted by Gasteiger charge is 2.24. The van der Waals surface area contributed by atoms with Crippen LogP contribution in [0, 0.1) is 0 Å². The van der Waals surface area contributed by atoms with E-state index in [0.29, 0.717) is 11.6 Å². The van der Waals surface area contributed by atoms with Crippen LogP contribution < -0.4 is 5.32 Å². The Hall–Kier alpha value is -0.0400. The Morgan fingerprint density at radius 2 is 1.20 bits per heavy atom. The first kappa shape index (κ1) is 20.0. The summed E-state index contributed by atoms with van der Waals surface area (Å²) >= 11 is 0. The highest BCUT2D eigenvalue weighted by atomic mass is 15.0. The molecule has 0 aliphatic heterocycles. The minimum atomic E-state index is 0.370. The largest absolute Gasteiger partial charge is 0.309 e. The molecular formula is C19H41N. The molecule has 0 saturated heterocycles. The molecule has 20 heavy (non-hydrogen) atoms. The molecule has 0 heterocycles. The molecular weight excluding hydrogens is 242 g/mol. The molecule has 0 spiro atoms. The number of rotatable bonds is 14. The lowest BCUT2D eigenvalue weighted by Gasteiger charge is -2.34. The van der Waals surface area contributed by atoms with E-state index in [1.807, 2.05) is 0 Å². The van der Waals surface area contributed by atoms with E-state index in [9.17, 15) is 0 Å². The Balaban J connectivity index is 4.08. The monoisotopic (exact) mass is 283 g/mol. The van der Waals surface area contributed by atoms with E-state index in [0.717, 1.165) is 0 Å². The third-order valence-corrected chi connectivity index (χ3v) is 4.62. The van der Waals surface area contributed by atoms with Crippen LogP contribution in [0.2, 0.25) is 0 Å². The van der Waals surface area contributed by atoms with Crippen LogP contribution in [0.5, 0.6) is 0 Å². The quantitative estimate of drug-likeness (QED) is 0.360. The van der Waals surface area contributed by atoms with Gasteiger partial charge in [-0.05, 0) is 33.1 Å². The molecule has 0 radical (unpaired) electrons. The van der Waals surface area contributed by atoms with E-state index in [2.05, 4.69) is 39.9 Å². The highest BCUT2D eigenvalue weighted by Crippen LogP contribution is 2.24. The van der Waals surface area contributed by atoms with E-state index >= 15 is 0 Å². The van der Waals surface area contributed by atoms with Gasteiger partial charge in [0.05, 0.1) is 0 Å². The Labute approximate surface area is 129 Å². The lowest BCUT2D eigenvalue weighted by Crippen LogP contribution is -2.47. The van der Waals surface area contributed by atoms with E-state index in [-0.39, 0.29) is 0 Å². The van der Waals surface area contributed by atoms with Crippen molar-refractivity contribution in [1.82, 2.24) is 5.32 Å². The summed E-state index contributed by atoms with van der Waals surface area (Å²) in [4.78, 5) is 0. The smallest absolute Gasteiger partial charge is 0.0155 e. The molecule has 0 aromatic rings. The second-order valence-electron chi connectivity index (χ2n) is 6.99. The first-order valence-electron chi connectivity index (χ1n) is 9.35. The zero-order valence-electron chi connectivity index (χ0n) is 15.1. The van der Waals surface area contributed by atoms with E-state index < -0.39 is 0 Å². The Bertz CT molecular complexity index is 202. The van der Waals surface area contributed by atoms with Crippen molar-refractivity contribution in [2.24, 2.45) is 0 Å². The summed E-state index contributed by atoms with van der Waals surface area (Å²) in [7, 11) is 0. The van der Waals surface area contributed by atoms with Gasteiger partial charge in [-0.15, -0.1) is 0 Å². The molecule has 0 bridgehead atoms. The van der Waals surface area contributed by atoms with Gasteiger partial charge in [-0.2, -0.15) is 0 Å². The van der Waals surface area contributed by atoms with Gasteiger partial charge in [0, 0.05) is 11.6 Å². The van der Waals surface area contributed by atoms with Crippen molar-refractivity contribution >= 4 is 0 Å². The molecule has 1 unspecified atom stereocenters. The number of hydrogen-bond donors (Lipinski definition) is 1. The predicted molar refractivity (Wildman–Crippen MR) is 93.4 cm³/mol. The molecule has 2 atom stereocenters. The van der Waals surface area contributed by atoms with E-state index in [1.54, 1.807) is 0 Å². The number of nitrogens with one attached hydrogen (secondary N) is 1. The zero-order valence-corrected chi connectivity index (χ0v) is 15.1. The van der Waals surface area contributed by atoms with Gasteiger partial charge in [-0.25, -0.2) is 0 Å². The van der Waals surface area contributed by atoms with Gasteiger partial charge in [0.15, 0.2) is 0 Å². The van der Waals surface area contributed by atoms with Gasteiger partial charge < -0.3 is 5.32 Å². The lowest BCUT2D eigenvalue weighted by molar-refractivity contribution is 0.258. The van der Waals surface area contributed by atoms with Crippen molar-refractivity contribution in [3.8, 4) is 0 Å². The Morgan fingerprint density at radius 3 is 1.65 bits per heavy atom. The molecule has 0 rings (SSSR count). The fraction of sp³-hybridized carbons (Fsp3) is 1.00. The van der Waals surface area contributed by atoms with Crippen LogP contribution in [0.25, 0.3) is 0 Å². The van der Waals surface area contributed by atoms with Gasteiger partial charge in [0.25, 0.3) is 0 Å². The number of unbranched alkanes of at least 4 members (excludes halogenated alkanes) is 7. The summed E-state index contributed by atoms with van der Waals surface area (Å²) in [6.45, 7) is 11.7. The van der Waals surface area contributed by atoms with Crippen molar-refractivity contribution in [2.45, 2.75) is 123 Å². The van der Waals surface area contributed by atoms with Crippen molar-refractivity contribution in [3.63, 3.8) is 0 Å². The van der Waals surface area contributed by atoms with Crippen LogP contribution in [-0.2, 0) is 0 Å². The summed E-state index contributed by atoms with van der Waals surface area (Å²) in [5.41, 5.74) is 0.370. The minimum Gasteiger partial charge on any atom is -0.309 e.